The maximum absolute atomic E-state index is 9.11. The van der Waals surface area contributed by atoms with Crippen LogP contribution in [0.15, 0.2) is 18.2 Å². The summed E-state index contributed by atoms with van der Waals surface area (Å²) < 4.78 is 0. The molecule has 0 saturated carbocycles. The van der Waals surface area contributed by atoms with Crippen LogP contribution in [0.2, 0.25) is 5.02 Å². The Morgan fingerprint density at radius 2 is 2.14 bits per heavy atom. The Kier molecular flexibility index (Phi) is 4.43. The van der Waals surface area contributed by atoms with Crippen molar-refractivity contribution in [2.24, 2.45) is 0 Å². The summed E-state index contributed by atoms with van der Waals surface area (Å²) in [6.07, 6.45) is 2.56. The van der Waals surface area contributed by atoms with Gasteiger partial charge in [-0.25, -0.2) is 0 Å². The molecule has 0 amide bonds. The molecule has 0 heterocycles. The van der Waals surface area contributed by atoms with Gasteiger partial charge in [0.1, 0.15) is 0 Å². The van der Waals surface area contributed by atoms with E-state index in [2.05, 4.69) is 12.1 Å². The highest BCUT2D eigenvalue weighted by atomic mass is 35.5. The van der Waals surface area contributed by atoms with Crippen molar-refractivity contribution in [3.8, 4) is 0 Å². The molecular formula is C12H17ClO. The molecule has 0 aromatic heterocycles. The van der Waals surface area contributed by atoms with Crippen molar-refractivity contribution in [1.29, 1.82) is 0 Å². The normalized spacial score (nSPS) is 12.9. The maximum atomic E-state index is 9.11. The number of aliphatic hydroxyl groups excluding tert-OH is 1. The molecule has 0 fully saturated rings. The number of benzene rings is 1. The Morgan fingerprint density at radius 1 is 1.43 bits per heavy atom. The summed E-state index contributed by atoms with van der Waals surface area (Å²) in [5.41, 5.74) is 2.37. The number of halogens is 1. The zero-order chi connectivity index (χ0) is 10.6. The first-order chi connectivity index (χ1) is 6.59. The van der Waals surface area contributed by atoms with Gasteiger partial charge in [0.05, 0.1) is 6.10 Å². The van der Waals surface area contributed by atoms with Crippen LogP contribution in [-0.4, -0.2) is 11.2 Å². The lowest BCUT2D eigenvalue weighted by Crippen LogP contribution is -2.00. The molecule has 1 aromatic rings. The average Bonchev–Trinajstić information content (AvgIpc) is 2.08. The van der Waals surface area contributed by atoms with E-state index in [1.807, 2.05) is 19.9 Å². The summed E-state index contributed by atoms with van der Waals surface area (Å²) in [4.78, 5) is 0. The molecule has 1 rings (SSSR count). The van der Waals surface area contributed by atoms with E-state index in [4.69, 9.17) is 16.7 Å². The van der Waals surface area contributed by atoms with E-state index in [1.54, 1.807) is 0 Å². The minimum Gasteiger partial charge on any atom is -0.393 e. The van der Waals surface area contributed by atoms with Crippen molar-refractivity contribution in [1.82, 2.24) is 0 Å². The molecule has 0 aliphatic carbocycles. The first kappa shape index (κ1) is 11.5. The highest BCUT2D eigenvalue weighted by molar-refractivity contribution is 6.31. The van der Waals surface area contributed by atoms with Crippen molar-refractivity contribution in [3.05, 3.63) is 34.3 Å². The topological polar surface area (TPSA) is 20.2 Å². The number of hydrogen-bond acceptors (Lipinski definition) is 1. The quantitative estimate of drug-likeness (QED) is 0.812. The van der Waals surface area contributed by atoms with E-state index in [1.165, 1.54) is 11.1 Å². The summed E-state index contributed by atoms with van der Waals surface area (Å²) >= 11 is 6.08. The zero-order valence-corrected chi connectivity index (χ0v) is 9.51. The average molecular weight is 213 g/mol. The van der Waals surface area contributed by atoms with Crippen LogP contribution >= 0.6 is 11.6 Å². The lowest BCUT2D eigenvalue weighted by atomic mass is 10.1. The van der Waals surface area contributed by atoms with Crippen molar-refractivity contribution >= 4 is 11.6 Å². The van der Waals surface area contributed by atoms with E-state index in [0.717, 1.165) is 24.3 Å². The van der Waals surface area contributed by atoms with E-state index in [0.29, 0.717) is 0 Å². The Balaban J connectivity index is 2.51. The smallest absolute Gasteiger partial charge is 0.0512 e. The van der Waals surface area contributed by atoms with Crippen molar-refractivity contribution < 1.29 is 5.11 Å². The highest BCUT2D eigenvalue weighted by Crippen LogP contribution is 2.19. The number of rotatable bonds is 4. The Labute approximate surface area is 90.7 Å². The Hall–Kier alpha value is -0.530. The second kappa shape index (κ2) is 5.38. The molecule has 1 N–H and O–H groups in total. The molecule has 1 unspecified atom stereocenters. The van der Waals surface area contributed by atoms with Gasteiger partial charge < -0.3 is 5.11 Å². The van der Waals surface area contributed by atoms with Gasteiger partial charge in [-0.05, 0) is 50.3 Å². The molecule has 1 atom stereocenters. The van der Waals surface area contributed by atoms with E-state index in [9.17, 15) is 0 Å². The fourth-order valence-electron chi connectivity index (χ4n) is 1.44. The van der Waals surface area contributed by atoms with Crippen LogP contribution in [0.1, 0.15) is 30.9 Å². The minimum absolute atomic E-state index is 0.209. The predicted molar refractivity (Wildman–Crippen MR) is 60.8 cm³/mol. The van der Waals surface area contributed by atoms with Gasteiger partial charge in [-0.3, -0.25) is 0 Å². The lowest BCUT2D eigenvalue weighted by Gasteiger charge is -2.06. The molecule has 0 spiro atoms. The van der Waals surface area contributed by atoms with Crippen molar-refractivity contribution in [2.45, 2.75) is 39.2 Å². The van der Waals surface area contributed by atoms with E-state index in [-0.39, 0.29) is 6.10 Å². The molecule has 14 heavy (non-hydrogen) atoms. The van der Waals surface area contributed by atoms with Crippen molar-refractivity contribution in [2.75, 3.05) is 0 Å². The van der Waals surface area contributed by atoms with Crippen LogP contribution in [0, 0.1) is 6.92 Å². The van der Waals surface area contributed by atoms with Crippen LogP contribution in [0.4, 0.5) is 0 Å². The molecule has 0 aliphatic rings. The molecule has 2 heteroatoms. The van der Waals surface area contributed by atoms with Gasteiger partial charge in [0.2, 0.25) is 0 Å². The largest absolute Gasteiger partial charge is 0.393 e. The predicted octanol–water partition coefficient (Wildman–Crippen LogP) is 3.35. The van der Waals surface area contributed by atoms with Gasteiger partial charge in [0, 0.05) is 5.02 Å². The minimum atomic E-state index is -0.209. The standard InChI is InChI=1S/C12H17ClO/c1-9-6-7-11(12(13)8-9)5-3-4-10(2)14/h6-8,10,14H,3-5H2,1-2H3. The number of hydrogen-bond donors (Lipinski definition) is 1. The van der Waals surface area contributed by atoms with Gasteiger partial charge in [-0.1, -0.05) is 23.7 Å². The molecule has 0 bridgehead atoms. The second-order valence-corrected chi connectivity index (χ2v) is 4.24. The van der Waals surface area contributed by atoms with E-state index >= 15 is 0 Å². The summed E-state index contributed by atoms with van der Waals surface area (Å²) in [7, 11) is 0. The van der Waals surface area contributed by atoms with Gasteiger partial charge in [0.15, 0.2) is 0 Å². The lowest BCUT2D eigenvalue weighted by molar-refractivity contribution is 0.182. The summed E-state index contributed by atoms with van der Waals surface area (Å²) in [6.45, 7) is 3.85. The zero-order valence-electron chi connectivity index (χ0n) is 8.76. The molecule has 0 aliphatic heterocycles. The fraction of sp³-hybridized carbons (Fsp3) is 0.500. The Bertz CT molecular complexity index is 294. The van der Waals surface area contributed by atoms with Gasteiger partial charge >= 0.3 is 0 Å². The van der Waals surface area contributed by atoms with Crippen LogP contribution in [0.5, 0.6) is 0 Å². The van der Waals surface area contributed by atoms with Gasteiger partial charge in [-0.15, -0.1) is 0 Å². The second-order valence-electron chi connectivity index (χ2n) is 3.84. The van der Waals surface area contributed by atoms with E-state index < -0.39 is 0 Å². The SMILES string of the molecule is Cc1ccc(CCCC(C)O)c(Cl)c1. The summed E-state index contributed by atoms with van der Waals surface area (Å²) in [5.74, 6) is 0. The summed E-state index contributed by atoms with van der Waals surface area (Å²) in [6, 6.07) is 6.13. The fourth-order valence-corrected chi connectivity index (χ4v) is 1.77. The van der Waals surface area contributed by atoms with Crippen molar-refractivity contribution in [3.63, 3.8) is 0 Å². The molecular weight excluding hydrogens is 196 g/mol. The highest BCUT2D eigenvalue weighted by Gasteiger charge is 2.01. The third-order valence-corrected chi connectivity index (χ3v) is 2.63. The monoisotopic (exact) mass is 212 g/mol. The molecule has 78 valence electrons. The first-order valence-corrected chi connectivity index (χ1v) is 5.40. The molecule has 1 nitrogen and oxygen atoms in total. The van der Waals surface area contributed by atoms with Crippen LogP contribution in [0.3, 0.4) is 0 Å². The third-order valence-electron chi connectivity index (χ3n) is 2.28. The summed E-state index contributed by atoms with van der Waals surface area (Å²) in [5, 5.41) is 9.95. The van der Waals surface area contributed by atoms with Crippen LogP contribution < -0.4 is 0 Å². The third kappa shape index (κ3) is 3.69. The number of aliphatic hydroxyl groups is 1. The number of aryl methyl sites for hydroxylation is 2. The molecule has 0 saturated heterocycles. The van der Waals surface area contributed by atoms with Crippen LogP contribution in [-0.2, 0) is 6.42 Å². The maximum Gasteiger partial charge on any atom is 0.0512 e. The Morgan fingerprint density at radius 3 is 2.71 bits per heavy atom. The first-order valence-electron chi connectivity index (χ1n) is 5.02. The molecule has 0 radical (unpaired) electrons. The van der Waals surface area contributed by atoms with Crippen LogP contribution in [0.25, 0.3) is 0 Å². The van der Waals surface area contributed by atoms with Gasteiger partial charge in [-0.2, -0.15) is 0 Å². The van der Waals surface area contributed by atoms with Gasteiger partial charge in [0.25, 0.3) is 0 Å². The molecule has 1 aromatic carbocycles.